The predicted octanol–water partition coefficient (Wildman–Crippen LogP) is 3.86. The Bertz CT molecular complexity index is 1450. The number of fused-ring (bicyclic) bond motifs is 2. The number of carbonyl (C=O) groups is 1. The Hall–Kier alpha value is -3.72. The molecule has 0 unspecified atom stereocenters. The van der Waals surface area contributed by atoms with Crippen LogP contribution >= 0.6 is 0 Å². The number of nitrogens with zero attached hydrogens (tertiary/aromatic N) is 6. The molecular weight excluding hydrogens is 454 g/mol. The molecule has 1 aromatic carbocycles. The van der Waals surface area contributed by atoms with E-state index in [9.17, 15) is 4.79 Å². The molecule has 0 radical (unpaired) electrons. The van der Waals surface area contributed by atoms with Gasteiger partial charge in [-0.1, -0.05) is 18.2 Å². The lowest BCUT2D eigenvalue weighted by molar-refractivity contribution is 0.0823. The summed E-state index contributed by atoms with van der Waals surface area (Å²) in [7, 11) is 3.61. The van der Waals surface area contributed by atoms with Gasteiger partial charge in [-0.25, -0.2) is 9.78 Å². The van der Waals surface area contributed by atoms with Crippen LogP contribution in [0.4, 0.5) is 4.79 Å². The zero-order chi connectivity index (χ0) is 24.8. The fourth-order valence-electron chi connectivity index (χ4n) is 5.59. The fourth-order valence-corrected chi connectivity index (χ4v) is 5.59. The molecule has 2 aliphatic rings. The molecule has 0 bridgehead atoms. The van der Waals surface area contributed by atoms with E-state index in [0.29, 0.717) is 19.0 Å². The van der Waals surface area contributed by atoms with Crippen molar-refractivity contribution in [2.45, 2.75) is 38.8 Å². The quantitative estimate of drug-likeness (QED) is 0.476. The minimum atomic E-state index is -0.0583. The van der Waals surface area contributed by atoms with Crippen molar-refractivity contribution in [3.05, 3.63) is 53.9 Å². The summed E-state index contributed by atoms with van der Waals surface area (Å²) in [4.78, 5) is 24.4. The van der Waals surface area contributed by atoms with Crippen molar-refractivity contribution in [1.29, 1.82) is 0 Å². The molecule has 0 spiro atoms. The van der Waals surface area contributed by atoms with Gasteiger partial charge in [0.15, 0.2) is 0 Å². The summed E-state index contributed by atoms with van der Waals surface area (Å²) in [6, 6.07) is 8.39. The van der Waals surface area contributed by atoms with Gasteiger partial charge in [-0.3, -0.25) is 9.67 Å². The number of imidazole rings is 1. The van der Waals surface area contributed by atoms with E-state index in [-0.39, 0.29) is 6.03 Å². The Morgan fingerprint density at radius 1 is 1.17 bits per heavy atom. The molecule has 2 aliphatic heterocycles. The zero-order valence-electron chi connectivity index (χ0n) is 21.0. The summed E-state index contributed by atoms with van der Waals surface area (Å²) >= 11 is 0. The molecule has 2 amide bonds. The number of nitrogens with one attached hydrogen (secondary N) is 1. The van der Waals surface area contributed by atoms with E-state index in [0.717, 1.165) is 83.1 Å². The number of carbonyl (C=O) groups excluding carboxylic acids is 1. The topological polar surface area (TPSA) is 90.1 Å². The molecule has 6 rings (SSSR count). The molecule has 1 fully saturated rings. The average Bonchev–Trinajstić information content (AvgIpc) is 3.46. The maximum absolute atomic E-state index is 12.5. The third-order valence-electron chi connectivity index (χ3n) is 7.43. The van der Waals surface area contributed by atoms with E-state index in [2.05, 4.69) is 39.2 Å². The van der Waals surface area contributed by atoms with Crippen molar-refractivity contribution < 1.29 is 9.53 Å². The van der Waals surface area contributed by atoms with Gasteiger partial charge in [0.05, 0.1) is 29.3 Å². The summed E-state index contributed by atoms with van der Waals surface area (Å²) < 4.78 is 9.79. The Kier molecular flexibility index (Phi) is 5.72. The van der Waals surface area contributed by atoms with E-state index >= 15 is 0 Å². The van der Waals surface area contributed by atoms with Gasteiger partial charge in [0.1, 0.15) is 5.82 Å². The normalized spacial score (nSPS) is 16.4. The lowest BCUT2D eigenvalue weighted by atomic mass is 9.99. The van der Waals surface area contributed by atoms with Gasteiger partial charge >= 0.3 is 6.03 Å². The largest absolute Gasteiger partial charge is 0.381 e. The molecule has 186 valence electrons. The van der Waals surface area contributed by atoms with Crippen molar-refractivity contribution in [1.82, 2.24) is 34.5 Å². The molecule has 36 heavy (non-hydrogen) atoms. The van der Waals surface area contributed by atoms with Crippen LogP contribution < -0.4 is 5.32 Å². The monoisotopic (exact) mass is 485 g/mol. The van der Waals surface area contributed by atoms with Crippen LogP contribution in [-0.4, -0.2) is 62.1 Å². The highest BCUT2D eigenvalue weighted by atomic mass is 16.5. The molecule has 9 nitrogen and oxygen atoms in total. The molecule has 0 atom stereocenters. The SMILES string of the molecule is CNC(=O)N1CCn2c(C3CCOCC3)nc(-c3cccc4cc(-c5cn(C)nc5C)ncc34)c2C1. The van der Waals surface area contributed by atoms with Crippen molar-refractivity contribution >= 4 is 16.8 Å². The van der Waals surface area contributed by atoms with Gasteiger partial charge in [0.25, 0.3) is 0 Å². The van der Waals surface area contributed by atoms with Gasteiger partial charge in [-0.05, 0) is 31.2 Å². The Morgan fingerprint density at radius 2 is 2.00 bits per heavy atom. The number of rotatable bonds is 3. The lowest BCUT2D eigenvalue weighted by Crippen LogP contribution is -2.43. The Morgan fingerprint density at radius 3 is 2.75 bits per heavy atom. The lowest BCUT2D eigenvalue weighted by Gasteiger charge is -2.30. The number of amides is 2. The number of ether oxygens (including phenoxy) is 1. The maximum Gasteiger partial charge on any atom is 0.317 e. The first-order chi connectivity index (χ1) is 17.5. The second-order valence-electron chi connectivity index (χ2n) is 9.68. The van der Waals surface area contributed by atoms with Crippen LogP contribution in [0.5, 0.6) is 0 Å². The molecular formula is C27H31N7O2. The number of hydrogen-bond donors (Lipinski definition) is 1. The number of aryl methyl sites for hydroxylation is 2. The van der Waals surface area contributed by atoms with Gasteiger partial charge in [-0.2, -0.15) is 5.10 Å². The standard InChI is InChI=1S/C27H31N7O2/c1-17-22(15-32(3)31-17)23-13-19-5-4-6-20(21(19)14-29-23)25-24-16-33(27(35)28-2)9-10-34(24)26(30-25)18-7-11-36-12-8-18/h4-6,13-15,18H,7-12,16H2,1-3H3,(H,28,35). The minimum absolute atomic E-state index is 0.0583. The number of pyridine rings is 1. The summed E-state index contributed by atoms with van der Waals surface area (Å²) in [5.74, 6) is 1.48. The molecule has 0 aliphatic carbocycles. The van der Waals surface area contributed by atoms with Crippen molar-refractivity contribution in [3.63, 3.8) is 0 Å². The number of hydrogen-bond acceptors (Lipinski definition) is 5. The summed E-state index contributed by atoms with van der Waals surface area (Å²) in [5, 5.41) is 9.41. The predicted molar refractivity (Wildman–Crippen MR) is 138 cm³/mol. The van der Waals surface area contributed by atoms with E-state index < -0.39 is 0 Å². The molecule has 0 saturated carbocycles. The third kappa shape index (κ3) is 3.83. The molecule has 5 heterocycles. The highest BCUT2D eigenvalue weighted by Crippen LogP contribution is 2.37. The van der Waals surface area contributed by atoms with Crippen molar-refractivity contribution in [3.8, 4) is 22.5 Å². The van der Waals surface area contributed by atoms with Gasteiger partial charge in [-0.15, -0.1) is 0 Å². The average molecular weight is 486 g/mol. The maximum atomic E-state index is 12.5. The van der Waals surface area contributed by atoms with Gasteiger partial charge < -0.3 is 19.5 Å². The zero-order valence-corrected chi connectivity index (χ0v) is 21.0. The van der Waals surface area contributed by atoms with Crippen LogP contribution in [0, 0.1) is 6.92 Å². The number of benzene rings is 1. The van der Waals surface area contributed by atoms with Crippen LogP contribution in [0.15, 0.2) is 36.7 Å². The second kappa shape index (κ2) is 9.05. The Balaban J connectivity index is 1.48. The smallest absolute Gasteiger partial charge is 0.317 e. The fraction of sp³-hybridized carbons (Fsp3) is 0.407. The van der Waals surface area contributed by atoms with Crippen molar-refractivity contribution in [2.24, 2.45) is 7.05 Å². The highest BCUT2D eigenvalue weighted by molar-refractivity contribution is 5.97. The van der Waals surface area contributed by atoms with Crippen LogP contribution in [0.3, 0.4) is 0 Å². The molecule has 1 N–H and O–H groups in total. The summed E-state index contributed by atoms with van der Waals surface area (Å²) in [6.45, 7) is 5.48. The van der Waals surface area contributed by atoms with Crippen LogP contribution in [0.25, 0.3) is 33.3 Å². The molecule has 3 aromatic heterocycles. The summed E-state index contributed by atoms with van der Waals surface area (Å²) in [5.41, 5.74) is 5.99. The Labute approximate surface area is 210 Å². The number of urea groups is 1. The first-order valence-corrected chi connectivity index (χ1v) is 12.6. The minimum Gasteiger partial charge on any atom is -0.381 e. The van der Waals surface area contributed by atoms with E-state index in [1.807, 2.05) is 35.9 Å². The van der Waals surface area contributed by atoms with Crippen LogP contribution in [0.1, 0.15) is 36.0 Å². The van der Waals surface area contributed by atoms with E-state index in [4.69, 9.17) is 14.7 Å². The van der Waals surface area contributed by atoms with E-state index in [1.165, 1.54) is 0 Å². The van der Waals surface area contributed by atoms with Crippen LogP contribution in [-0.2, 0) is 24.9 Å². The van der Waals surface area contributed by atoms with Crippen LogP contribution in [0.2, 0.25) is 0 Å². The molecule has 1 saturated heterocycles. The van der Waals surface area contributed by atoms with Gasteiger partial charge in [0, 0.05) is 75.2 Å². The van der Waals surface area contributed by atoms with Crippen molar-refractivity contribution in [2.75, 3.05) is 26.8 Å². The first kappa shape index (κ1) is 22.7. The summed E-state index contributed by atoms with van der Waals surface area (Å²) in [6.07, 6.45) is 5.90. The molecule has 4 aromatic rings. The second-order valence-corrected chi connectivity index (χ2v) is 9.68. The first-order valence-electron chi connectivity index (χ1n) is 12.6. The van der Waals surface area contributed by atoms with E-state index in [1.54, 1.807) is 7.05 Å². The number of aromatic nitrogens is 5. The third-order valence-corrected chi connectivity index (χ3v) is 7.43. The molecule has 9 heteroatoms. The highest BCUT2D eigenvalue weighted by Gasteiger charge is 2.31. The van der Waals surface area contributed by atoms with Gasteiger partial charge in [0.2, 0.25) is 0 Å².